The topological polar surface area (TPSA) is 46.7 Å². The third-order valence-corrected chi connectivity index (χ3v) is 10.3. The first-order valence-corrected chi connectivity index (χ1v) is 18.1. The number of para-hydroxylation sites is 5. The second-order valence-electron chi connectivity index (χ2n) is 13.6. The van der Waals surface area contributed by atoms with Crippen LogP contribution in [0.5, 0.6) is 11.5 Å². The van der Waals surface area contributed by atoms with Gasteiger partial charge in [0.15, 0.2) is 0 Å². The second kappa shape index (κ2) is 13.8. The summed E-state index contributed by atoms with van der Waals surface area (Å²) in [5, 5.41) is 4.11. The van der Waals surface area contributed by atoms with Crippen LogP contribution in [0.25, 0.3) is 60.7 Å². The molecule has 0 bridgehead atoms. The van der Waals surface area contributed by atoms with E-state index in [1.807, 2.05) is 114 Å². The molecule has 1 aliphatic heterocycles. The van der Waals surface area contributed by atoms with Gasteiger partial charge in [0.2, 0.25) is 0 Å². The average Bonchev–Trinajstić information content (AvgIpc) is 3.91. The number of benzene rings is 7. The molecule has 0 atom stereocenters. The average molecular weight is 925 g/mol. The van der Waals surface area contributed by atoms with Gasteiger partial charge in [-0.2, -0.15) is 6.07 Å². The van der Waals surface area contributed by atoms with E-state index in [4.69, 9.17) is 9.15 Å². The molecule has 0 spiro atoms. The Kier molecular flexibility index (Phi) is 8.38. The number of aromatic nitrogens is 2. The summed E-state index contributed by atoms with van der Waals surface area (Å²) in [4.78, 5) is 8.31. The van der Waals surface area contributed by atoms with E-state index in [1.165, 1.54) is 12.1 Å². The van der Waals surface area contributed by atoms with Crippen LogP contribution in [0, 0.1) is 30.4 Å². The Hall–Kier alpha value is -6.76. The first kappa shape index (κ1) is 34.7. The predicted octanol–water partition coefficient (Wildman–Crippen LogP) is 12.8. The van der Waals surface area contributed by atoms with Crippen molar-refractivity contribution in [2.45, 2.75) is 0 Å². The molecule has 10 aromatic rings. The number of halogens is 2. The van der Waals surface area contributed by atoms with Crippen molar-refractivity contribution in [1.29, 1.82) is 0 Å². The molecule has 0 radical (unpaired) electrons. The minimum atomic E-state index is -0.676. The number of nitrogens with zero attached hydrogens (tertiary/aromatic N) is 4. The standard InChI is InChI=1S/C48H27F2N4O2.Pt/c49-31-19-22-42(40(50)26-31)53-29-52(43-15-4-5-16-44(43)53)32-24-30(35-12-9-13-39-38-11-2-6-17-46(38)56-48(35)39)25-34(27-32)55-33-20-21-37-36-10-1-3-14-41(36)54(45(37)28-33)47-18-7-8-23-51-47;/h1-26,29H;/q-3;. The van der Waals surface area contributed by atoms with Gasteiger partial charge in [-0.25, -0.2) is 13.8 Å². The van der Waals surface area contributed by atoms with E-state index in [0.717, 1.165) is 78.1 Å². The fraction of sp³-hybridized carbons (Fsp3) is 0. The summed E-state index contributed by atoms with van der Waals surface area (Å²) >= 11 is 0. The van der Waals surface area contributed by atoms with E-state index in [0.29, 0.717) is 17.2 Å². The van der Waals surface area contributed by atoms with Crippen LogP contribution in [-0.2, 0) is 21.1 Å². The molecule has 3 aromatic heterocycles. The van der Waals surface area contributed by atoms with Crippen molar-refractivity contribution < 1.29 is 39.0 Å². The molecule has 0 amide bonds. The van der Waals surface area contributed by atoms with E-state index < -0.39 is 11.6 Å². The van der Waals surface area contributed by atoms with Gasteiger partial charge in [0.1, 0.15) is 28.6 Å². The van der Waals surface area contributed by atoms with Gasteiger partial charge in [0.05, 0.1) is 0 Å². The number of anilines is 4. The van der Waals surface area contributed by atoms with Crippen LogP contribution in [0.3, 0.4) is 0 Å². The Labute approximate surface area is 340 Å². The Bertz CT molecular complexity index is 3160. The molecule has 57 heavy (non-hydrogen) atoms. The van der Waals surface area contributed by atoms with Gasteiger partial charge in [-0.05, 0) is 53.9 Å². The minimum Gasteiger partial charge on any atom is -0.509 e. The Morgan fingerprint density at radius 3 is 2.23 bits per heavy atom. The molecule has 9 heteroatoms. The molecule has 0 saturated carbocycles. The maximum absolute atomic E-state index is 15.3. The van der Waals surface area contributed by atoms with Gasteiger partial charge in [-0.15, -0.1) is 53.6 Å². The number of rotatable bonds is 6. The monoisotopic (exact) mass is 924 g/mol. The summed E-state index contributed by atoms with van der Waals surface area (Å²) in [6.07, 6.45) is 1.78. The van der Waals surface area contributed by atoms with Gasteiger partial charge >= 0.3 is 0 Å². The van der Waals surface area contributed by atoms with Crippen LogP contribution in [0.4, 0.5) is 31.5 Å². The summed E-state index contributed by atoms with van der Waals surface area (Å²) in [5.41, 5.74) is 7.40. The smallest absolute Gasteiger partial charge is 0.147 e. The summed E-state index contributed by atoms with van der Waals surface area (Å²) in [6.45, 7) is 1.78. The summed E-state index contributed by atoms with van der Waals surface area (Å²) in [7, 11) is 0. The molecule has 0 saturated heterocycles. The molecule has 7 aromatic carbocycles. The number of fused-ring (bicyclic) bond motifs is 7. The van der Waals surface area contributed by atoms with Gasteiger partial charge < -0.3 is 23.5 Å². The van der Waals surface area contributed by atoms with Crippen LogP contribution in [-0.4, -0.2) is 9.55 Å². The van der Waals surface area contributed by atoms with E-state index >= 15 is 4.39 Å². The predicted molar refractivity (Wildman–Crippen MR) is 217 cm³/mol. The first-order valence-electron chi connectivity index (χ1n) is 18.1. The molecule has 4 heterocycles. The molecule has 278 valence electrons. The zero-order valence-electron chi connectivity index (χ0n) is 29.8. The fourth-order valence-corrected chi connectivity index (χ4v) is 7.79. The normalized spacial score (nSPS) is 12.5. The van der Waals surface area contributed by atoms with Crippen molar-refractivity contribution in [3.8, 4) is 28.4 Å². The minimum absolute atomic E-state index is 0. The molecule has 11 rings (SSSR count). The van der Waals surface area contributed by atoms with Crippen molar-refractivity contribution in [2.24, 2.45) is 0 Å². The maximum Gasteiger partial charge on any atom is 0.147 e. The Morgan fingerprint density at radius 1 is 0.614 bits per heavy atom. The zero-order chi connectivity index (χ0) is 37.3. The van der Waals surface area contributed by atoms with Crippen molar-refractivity contribution in [1.82, 2.24) is 9.55 Å². The zero-order valence-corrected chi connectivity index (χ0v) is 32.0. The largest absolute Gasteiger partial charge is 0.509 e. The van der Waals surface area contributed by atoms with Gasteiger partial charge in [-0.3, -0.25) is 0 Å². The third kappa shape index (κ3) is 5.75. The van der Waals surface area contributed by atoms with Crippen LogP contribution >= 0.6 is 0 Å². The first-order chi connectivity index (χ1) is 27.6. The Morgan fingerprint density at radius 2 is 1.39 bits per heavy atom. The fourth-order valence-electron chi connectivity index (χ4n) is 7.79. The van der Waals surface area contributed by atoms with Crippen molar-refractivity contribution in [3.63, 3.8) is 0 Å². The SMILES string of the molecule is Fc1ccc(N2[CH-]N(c3[c-]c(Oc4[c-]c5c(cc4)c4ccccc4n5-c4ccccn4)cc(-c4cccc5c4oc4ccccc45)c3)c3ccccc32)c(F)c1.[Pt]. The van der Waals surface area contributed by atoms with E-state index in [2.05, 4.69) is 45.9 Å². The van der Waals surface area contributed by atoms with Crippen molar-refractivity contribution >= 4 is 66.5 Å². The van der Waals surface area contributed by atoms with Gasteiger partial charge in [0.25, 0.3) is 0 Å². The van der Waals surface area contributed by atoms with Gasteiger partial charge in [-0.1, -0.05) is 78.3 Å². The molecule has 0 fully saturated rings. The van der Waals surface area contributed by atoms with Crippen LogP contribution in [0.15, 0.2) is 162 Å². The van der Waals surface area contributed by atoms with E-state index in [-0.39, 0.29) is 26.8 Å². The van der Waals surface area contributed by atoms with E-state index in [9.17, 15) is 4.39 Å². The quantitative estimate of drug-likeness (QED) is 0.156. The van der Waals surface area contributed by atoms with Crippen molar-refractivity contribution in [2.75, 3.05) is 9.80 Å². The molecule has 6 nitrogen and oxygen atoms in total. The molecule has 1 aliphatic rings. The molecular formula is C48H27F2N4O2Pt-3. The van der Waals surface area contributed by atoms with Gasteiger partial charge in [0, 0.05) is 83.7 Å². The van der Waals surface area contributed by atoms with Crippen LogP contribution in [0.2, 0.25) is 0 Å². The van der Waals surface area contributed by atoms with Crippen molar-refractivity contribution in [3.05, 3.63) is 188 Å². The number of pyridine rings is 1. The molecule has 0 unspecified atom stereocenters. The second-order valence-corrected chi connectivity index (χ2v) is 13.6. The maximum atomic E-state index is 15.3. The summed E-state index contributed by atoms with van der Waals surface area (Å²) in [6, 6.07) is 54.3. The summed E-state index contributed by atoms with van der Waals surface area (Å²) in [5.74, 6) is 0.365. The number of furan rings is 1. The van der Waals surface area contributed by atoms with E-state index in [1.54, 1.807) is 17.8 Å². The third-order valence-electron chi connectivity index (χ3n) is 10.3. The molecule has 0 N–H and O–H groups in total. The van der Waals surface area contributed by atoms with Crippen LogP contribution < -0.4 is 14.5 Å². The molecule has 0 aliphatic carbocycles. The number of ether oxygens (including phenoxy) is 1. The summed E-state index contributed by atoms with van der Waals surface area (Å²) < 4.78 is 44.6. The Balaban J connectivity index is 0.00000396. The molecular weight excluding hydrogens is 898 g/mol. The number of hydrogen-bond acceptors (Lipinski definition) is 5. The number of hydrogen-bond donors (Lipinski definition) is 0. The van der Waals surface area contributed by atoms with Crippen LogP contribution in [0.1, 0.15) is 0 Å².